The predicted octanol–water partition coefficient (Wildman–Crippen LogP) is 2.24. The summed E-state index contributed by atoms with van der Waals surface area (Å²) in [6.07, 6.45) is 8.68. The Morgan fingerprint density at radius 2 is 2.00 bits per heavy atom. The number of aromatic nitrogens is 1. The Hall–Kier alpha value is -1.67. The van der Waals surface area contributed by atoms with Gasteiger partial charge in [0.05, 0.1) is 10.7 Å². The van der Waals surface area contributed by atoms with Gasteiger partial charge in [-0.25, -0.2) is 4.98 Å². The minimum absolute atomic E-state index is 0.167. The van der Waals surface area contributed by atoms with Crippen LogP contribution in [0.2, 0.25) is 0 Å². The molecule has 1 N–H and O–H groups in total. The highest BCUT2D eigenvalue weighted by Gasteiger charge is 2.30. The molecule has 7 nitrogen and oxygen atoms in total. The highest BCUT2D eigenvalue weighted by atomic mass is 32.1. The molecule has 0 saturated carbocycles. The summed E-state index contributed by atoms with van der Waals surface area (Å²) in [5.74, 6) is 1.14. The number of thiazole rings is 1. The van der Waals surface area contributed by atoms with Crippen LogP contribution in [0.15, 0.2) is 4.99 Å². The lowest BCUT2D eigenvalue weighted by molar-refractivity contribution is -0.142. The highest BCUT2D eigenvalue weighted by molar-refractivity contribution is 7.11. The number of fused-ring (bicyclic) bond motifs is 1. The molecular formula is C22H35N5O2S. The van der Waals surface area contributed by atoms with E-state index in [2.05, 4.69) is 17.1 Å². The summed E-state index contributed by atoms with van der Waals surface area (Å²) < 4.78 is 5.56. The summed E-state index contributed by atoms with van der Waals surface area (Å²) >= 11 is 1.91. The first-order valence-electron chi connectivity index (χ1n) is 11.7. The number of hydrogen-bond acceptors (Lipinski definition) is 5. The summed E-state index contributed by atoms with van der Waals surface area (Å²) in [6.45, 7) is 7.62. The Balaban J connectivity index is 1.24. The zero-order valence-electron chi connectivity index (χ0n) is 18.2. The van der Waals surface area contributed by atoms with Crippen LogP contribution in [-0.4, -0.2) is 78.6 Å². The van der Waals surface area contributed by atoms with E-state index in [1.54, 1.807) is 0 Å². The Kier molecular flexibility index (Phi) is 7.60. The van der Waals surface area contributed by atoms with Crippen LogP contribution in [0.5, 0.6) is 0 Å². The largest absolute Gasteiger partial charge is 0.368 e. The number of piperazine rings is 1. The van der Waals surface area contributed by atoms with Crippen molar-refractivity contribution in [1.29, 1.82) is 0 Å². The number of ether oxygens (including phenoxy) is 1. The molecule has 1 aromatic rings. The van der Waals surface area contributed by atoms with Crippen molar-refractivity contribution in [3.8, 4) is 0 Å². The van der Waals surface area contributed by atoms with Crippen LogP contribution < -0.4 is 5.32 Å². The molecule has 3 aliphatic rings. The predicted molar refractivity (Wildman–Crippen MR) is 120 cm³/mol. The molecule has 1 aromatic heterocycles. The number of carbonyl (C=O) groups excluding carboxylic acids is 1. The fourth-order valence-electron chi connectivity index (χ4n) is 4.47. The Bertz CT molecular complexity index is 712. The average Bonchev–Trinajstić information content (AvgIpc) is 3.45. The number of nitrogens with zero attached hydrogens (tertiary/aromatic N) is 4. The van der Waals surface area contributed by atoms with Crippen molar-refractivity contribution in [2.45, 2.75) is 64.4 Å². The SMILES string of the molecule is CCNC(=NCCCc1nc2c(s1)CCCC2)N1CCN(C(=O)C2CCCO2)CC1. The van der Waals surface area contributed by atoms with Crippen LogP contribution in [0.25, 0.3) is 0 Å². The quantitative estimate of drug-likeness (QED) is 0.423. The van der Waals surface area contributed by atoms with Gasteiger partial charge in [0.1, 0.15) is 6.10 Å². The standard InChI is InChI=1S/C22H35N5O2S/c1-2-23-22(24-11-5-10-20-25-17-7-3-4-9-19(17)30-20)27-14-12-26(13-15-27)21(28)18-8-6-16-29-18/h18H,2-16H2,1H3,(H,23,24). The van der Waals surface area contributed by atoms with Gasteiger partial charge in [-0.1, -0.05) is 0 Å². The third kappa shape index (κ3) is 5.32. The minimum Gasteiger partial charge on any atom is -0.368 e. The van der Waals surface area contributed by atoms with Crippen molar-refractivity contribution in [2.75, 3.05) is 45.9 Å². The van der Waals surface area contributed by atoms with Gasteiger partial charge in [-0.05, 0) is 51.9 Å². The number of hydrogen-bond donors (Lipinski definition) is 1. The molecule has 0 aromatic carbocycles. The third-order valence-electron chi connectivity index (χ3n) is 6.13. The Labute approximate surface area is 183 Å². The summed E-state index contributed by atoms with van der Waals surface area (Å²) in [6, 6.07) is 0. The van der Waals surface area contributed by atoms with Gasteiger partial charge < -0.3 is 19.9 Å². The molecule has 2 aliphatic heterocycles. The lowest BCUT2D eigenvalue weighted by atomic mass is 10.0. The minimum atomic E-state index is -0.213. The van der Waals surface area contributed by atoms with E-state index in [0.717, 1.165) is 83.9 Å². The Morgan fingerprint density at radius 3 is 2.73 bits per heavy atom. The first-order chi connectivity index (χ1) is 14.7. The number of guanidine groups is 1. The summed E-state index contributed by atoms with van der Waals surface area (Å²) in [5, 5.41) is 4.71. The van der Waals surface area contributed by atoms with Crippen molar-refractivity contribution >= 4 is 23.2 Å². The molecule has 0 radical (unpaired) electrons. The molecule has 30 heavy (non-hydrogen) atoms. The molecule has 2 saturated heterocycles. The van der Waals surface area contributed by atoms with Gasteiger partial charge in [0.25, 0.3) is 5.91 Å². The zero-order valence-corrected chi connectivity index (χ0v) is 19.0. The van der Waals surface area contributed by atoms with Crippen LogP contribution in [0, 0.1) is 0 Å². The van der Waals surface area contributed by atoms with Crippen molar-refractivity contribution in [3.63, 3.8) is 0 Å². The fraction of sp³-hybridized carbons (Fsp3) is 0.773. The summed E-state index contributed by atoms with van der Waals surface area (Å²) in [5.41, 5.74) is 1.36. The van der Waals surface area contributed by atoms with Gasteiger partial charge in [0, 0.05) is 57.2 Å². The van der Waals surface area contributed by atoms with Crippen LogP contribution in [0.1, 0.15) is 54.6 Å². The number of amides is 1. The van der Waals surface area contributed by atoms with E-state index in [-0.39, 0.29) is 12.0 Å². The average molecular weight is 434 g/mol. The summed E-state index contributed by atoms with van der Waals surface area (Å²) in [7, 11) is 0. The summed E-state index contributed by atoms with van der Waals surface area (Å²) in [4.78, 5) is 28.0. The van der Waals surface area contributed by atoms with Gasteiger partial charge in [-0.2, -0.15) is 0 Å². The smallest absolute Gasteiger partial charge is 0.251 e. The van der Waals surface area contributed by atoms with E-state index >= 15 is 0 Å². The molecule has 1 atom stereocenters. The van der Waals surface area contributed by atoms with Gasteiger partial charge in [0.2, 0.25) is 0 Å². The number of aryl methyl sites for hydroxylation is 3. The zero-order chi connectivity index (χ0) is 20.8. The molecule has 3 heterocycles. The number of aliphatic imine (C=N–C) groups is 1. The van der Waals surface area contributed by atoms with Crippen LogP contribution >= 0.6 is 11.3 Å². The van der Waals surface area contributed by atoms with Crippen LogP contribution in [-0.2, 0) is 28.8 Å². The van der Waals surface area contributed by atoms with E-state index in [0.29, 0.717) is 0 Å². The highest BCUT2D eigenvalue weighted by Crippen LogP contribution is 2.27. The first-order valence-corrected chi connectivity index (χ1v) is 12.5. The molecule has 1 unspecified atom stereocenters. The molecule has 0 bridgehead atoms. The monoisotopic (exact) mass is 433 g/mol. The van der Waals surface area contributed by atoms with Crippen LogP contribution in [0.4, 0.5) is 0 Å². The molecular weight excluding hydrogens is 398 g/mol. The van der Waals surface area contributed by atoms with Gasteiger partial charge in [-0.3, -0.25) is 9.79 Å². The Morgan fingerprint density at radius 1 is 1.20 bits per heavy atom. The third-order valence-corrected chi connectivity index (χ3v) is 7.35. The first kappa shape index (κ1) is 21.6. The molecule has 166 valence electrons. The maximum atomic E-state index is 12.6. The maximum absolute atomic E-state index is 12.6. The molecule has 2 fully saturated rings. The lowest BCUT2D eigenvalue weighted by Crippen LogP contribution is -2.55. The number of carbonyl (C=O) groups is 1. The van der Waals surface area contributed by atoms with Crippen molar-refractivity contribution < 1.29 is 9.53 Å². The van der Waals surface area contributed by atoms with Crippen molar-refractivity contribution in [3.05, 3.63) is 15.6 Å². The van der Waals surface area contributed by atoms with Gasteiger partial charge in [-0.15, -0.1) is 11.3 Å². The number of rotatable bonds is 6. The fourth-order valence-corrected chi connectivity index (χ4v) is 5.67. The molecule has 1 aliphatic carbocycles. The van der Waals surface area contributed by atoms with Crippen LogP contribution in [0.3, 0.4) is 0 Å². The molecule has 4 rings (SSSR count). The van der Waals surface area contributed by atoms with E-state index in [9.17, 15) is 4.79 Å². The van der Waals surface area contributed by atoms with E-state index in [4.69, 9.17) is 14.7 Å². The normalized spacial score (nSPS) is 22.3. The molecule has 1 amide bonds. The second kappa shape index (κ2) is 10.6. The molecule has 0 spiro atoms. The number of nitrogens with one attached hydrogen (secondary N) is 1. The lowest BCUT2D eigenvalue weighted by Gasteiger charge is -2.37. The van der Waals surface area contributed by atoms with Gasteiger partial charge >= 0.3 is 0 Å². The van der Waals surface area contributed by atoms with Crippen molar-refractivity contribution in [1.82, 2.24) is 20.1 Å². The second-order valence-electron chi connectivity index (χ2n) is 8.34. The maximum Gasteiger partial charge on any atom is 0.251 e. The van der Waals surface area contributed by atoms with E-state index in [1.807, 2.05) is 16.2 Å². The van der Waals surface area contributed by atoms with E-state index < -0.39 is 0 Å². The van der Waals surface area contributed by atoms with E-state index in [1.165, 1.54) is 34.8 Å². The van der Waals surface area contributed by atoms with Crippen molar-refractivity contribution in [2.24, 2.45) is 4.99 Å². The van der Waals surface area contributed by atoms with Gasteiger partial charge in [0.15, 0.2) is 5.96 Å². The molecule has 8 heteroatoms. The topological polar surface area (TPSA) is 70.1 Å². The second-order valence-corrected chi connectivity index (χ2v) is 9.51.